The minimum Gasteiger partial charge on any atom is -0.350 e. The topological polar surface area (TPSA) is 93.3 Å². The predicted molar refractivity (Wildman–Crippen MR) is 187 cm³/mol. The summed E-state index contributed by atoms with van der Waals surface area (Å²) in [4.78, 5) is 63.3. The Hall–Kier alpha value is -6.22. The van der Waals surface area contributed by atoms with Gasteiger partial charge in [-0.15, -0.1) is 0 Å². The summed E-state index contributed by atoms with van der Waals surface area (Å²) in [7, 11) is 0. The number of imide groups is 1. The number of para-hydroxylation sites is 2. The molecule has 5 aromatic rings. The molecule has 5 aromatic carbocycles. The van der Waals surface area contributed by atoms with Crippen LogP contribution >= 0.6 is 0 Å². The van der Waals surface area contributed by atoms with E-state index in [2.05, 4.69) is 5.32 Å². The smallest absolute Gasteiger partial charge is 0.343 e. The minimum absolute atomic E-state index is 0.198. The highest BCUT2D eigenvalue weighted by Gasteiger charge is 2.56. The normalized spacial score (nSPS) is 19.0. The van der Waals surface area contributed by atoms with Crippen LogP contribution in [0.3, 0.4) is 0 Å². The first-order valence-electron chi connectivity index (χ1n) is 16.4. The fourth-order valence-corrected chi connectivity index (χ4v) is 7.14. The van der Waals surface area contributed by atoms with Crippen molar-refractivity contribution in [2.24, 2.45) is 0 Å². The molecular formula is C40H33N5O4. The van der Waals surface area contributed by atoms with E-state index in [1.165, 1.54) is 9.80 Å². The van der Waals surface area contributed by atoms with Gasteiger partial charge in [0.1, 0.15) is 17.9 Å². The van der Waals surface area contributed by atoms with E-state index in [1.54, 1.807) is 41.3 Å². The molecule has 9 heteroatoms. The van der Waals surface area contributed by atoms with Crippen molar-refractivity contribution in [1.29, 1.82) is 0 Å². The van der Waals surface area contributed by atoms with Gasteiger partial charge in [-0.1, -0.05) is 103 Å². The maximum absolute atomic E-state index is 14.7. The fourth-order valence-electron chi connectivity index (χ4n) is 7.14. The Morgan fingerprint density at radius 2 is 1.24 bits per heavy atom. The van der Waals surface area contributed by atoms with E-state index in [9.17, 15) is 19.2 Å². The van der Waals surface area contributed by atoms with Gasteiger partial charge >= 0.3 is 12.1 Å². The van der Waals surface area contributed by atoms with Crippen LogP contribution < -0.4 is 15.1 Å². The van der Waals surface area contributed by atoms with Crippen LogP contribution in [0.15, 0.2) is 145 Å². The largest absolute Gasteiger partial charge is 0.350 e. The predicted octanol–water partition coefficient (Wildman–Crippen LogP) is 6.81. The lowest BCUT2D eigenvalue weighted by molar-refractivity contribution is -0.141. The number of nitrogens with zero attached hydrogens (tertiary/aromatic N) is 4. The van der Waals surface area contributed by atoms with Gasteiger partial charge in [0.25, 0.3) is 5.91 Å². The summed E-state index contributed by atoms with van der Waals surface area (Å²) in [5, 5.41) is 5.25. The molecule has 242 valence electrons. The van der Waals surface area contributed by atoms with Crippen LogP contribution in [0.1, 0.15) is 24.0 Å². The van der Waals surface area contributed by atoms with Gasteiger partial charge in [-0.05, 0) is 65.1 Å². The number of urea groups is 2. The van der Waals surface area contributed by atoms with Crippen molar-refractivity contribution in [3.8, 4) is 0 Å². The Labute approximate surface area is 283 Å². The average molecular weight is 648 g/mol. The molecule has 8 rings (SSSR count). The second kappa shape index (κ2) is 12.4. The summed E-state index contributed by atoms with van der Waals surface area (Å²) in [5.41, 5.74) is 3.22. The van der Waals surface area contributed by atoms with Gasteiger partial charge in [0.2, 0.25) is 5.91 Å². The van der Waals surface area contributed by atoms with Crippen molar-refractivity contribution >= 4 is 46.0 Å². The average Bonchev–Trinajstić information content (AvgIpc) is 3.59. The third-order valence-electron chi connectivity index (χ3n) is 9.45. The molecule has 2 atom stereocenters. The van der Waals surface area contributed by atoms with Crippen LogP contribution in [0.2, 0.25) is 0 Å². The molecule has 0 radical (unpaired) electrons. The van der Waals surface area contributed by atoms with E-state index in [0.29, 0.717) is 42.3 Å². The van der Waals surface area contributed by atoms with Crippen LogP contribution in [0.5, 0.6) is 0 Å². The van der Waals surface area contributed by atoms with Crippen LogP contribution in [0.4, 0.5) is 21.0 Å². The number of nitrogens with one attached hydrogen (secondary N) is 1. The van der Waals surface area contributed by atoms with Crippen LogP contribution in [0, 0.1) is 0 Å². The molecule has 0 bridgehead atoms. The molecule has 49 heavy (non-hydrogen) atoms. The number of benzene rings is 5. The molecule has 0 saturated carbocycles. The monoisotopic (exact) mass is 647 g/mol. The van der Waals surface area contributed by atoms with E-state index in [-0.39, 0.29) is 18.2 Å². The highest BCUT2D eigenvalue weighted by atomic mass is 16.2. The first-order chi connectivity index (χ1) is 24.0. The lowest BCUT2D eigenvalue weighted by Crippen LogP contribution is -2.68. The molecule has 3 aliphatic rings. The Kier molecular flexibility index (Phi) is 7.64. The molecule has 6 amide bonds. The number of carbonyl (C=O) groups is 4. The highest BCUT2D eigenvalue weighted by Crippen LogP contribution is 2.44. The number of fused-ring (bicyclic) bond motifs is 3. The maximum atomic E-state index is 14.7. The number of allylic oxidation sites excluding steroid dienone is 1. The SMILES string of the molecule is O=C(NCc1ccc2ccccc2c1)[C@@H]1CCC2=C3N(c4ccccc4)C(=O)N(c4ccccc4)C(=O)N3[C@H](Cc3ccccc3)C(=O)N21. The zero-order chi connectivity index (χ0) is 33.5. The number of amides is 6. The molecule has 3 aliphatic heterocycles. The third kappa shape index (κ3) is 5.29. The molecule has 9 nitrogen and oxygen atoms in total. The van der Waals surface area contributed by atoms with E-state index in [4.69, 9.17) is 0 Å². The minimum atomic E-state index is -1.01. The van der Waals surface area contributed by atoms with Gasteiger partial charge in [-0.25, -0.2) is 19.4 Å². The summed E-state index contributed by atoms with van der Waals surface area (Å²) in [6.07, 6.45) is 0.885. The summed E-state index contributed by atoms with van der Waals surface area (Å²) >= 11 is 0. The highest BCUT2D eigenvalue weighted by molar-refractivity contribution is 6.24. The maximum Gasteiger partial charge on any atom is 0.343 e. The molecule has 0 unspecified atom stereocenters. The Balaban J connectivity index is 1.21. The van der Waals surface area contributed by atoms with Gasteiger partial charge in [0.05, 0.1) is 17.1 Å². The van der Waals surface area contributed by atoms with E-state index in [1.807, 2.05) is 97.1 Å². The molecule has 1 N–H and O–H groups in total. The third-order valence-corrected chi connectivity index (χ3v) is 9.45. The molecule has 0 aromatic heterocycles. The van der Waals surface area contributed by atoms with Crippen LogP contribution in [-0.4, -0.2) is 45.8 Å². The van der Waals surface area contributed by atoms with E-state index < -0.39 is 24.1 Å². The molecule has 2 fully saturated rings. The number of hydrogen-bond acceptors (Lipinski definition) is 4. The van der Waals surface area contributed by atoms with Gasteiger partial charge in [0, 0.05) is 13.0 Å². The quantitative estimate of drug-likeness (QED) is 0.210. The summed E-state index contributed by atoms with van der Waals surface area (Å²) in [6.45, 7) is 0.298. The summed E-state index contributed by atoms with van der Waals surface area (Å²) in [6, 6.07) is 38.5. The van der Waals surface area contributed by atoms with Gasteiger partial charge in [-0.2, -0.15) is 0 Å². The standard InChI is InChI=1S/C40H33N5O4/c46-36(41-26-28-20-21-29-14-10-11-15-30(29)24-28)33-22-23-34-37-42(31-16-6-2-7-17-31)39(48)43(32-18-8-3-9-19-32)40(49)45(37)35(38(47)44(33)34)25-27-12-4-1-5-13-27/h1-21,24,33,35H,22-23,25-26H2,(H,41,46)/t33-,35+/m0/s1. The van der Waals surface area contributed by atoms with Crippen molar-refractivity contribution < 1.29 is 19.2 Å². The molecule has 3 heterocycles. The van der Waals surface area contributed by atoms with E-state index >= 15 is 0 Å². The Morgan fingerprint density at radius 3 is 1.94 bits per heavy atom. The van der Waals surface area contributed by atoms with Gasteiger partial charge in [-0.3, -0.25) is 19.4 Å². The van der Waals surface area contributed by atoms with Crippen LogP contribution in [0.25, 0.3) is 10.8 Å². The van der Waals surface area contributed by atoms with Crippen molar-refractivity contribution in [3.63, 3.8) is 0 Å². The number of hydrogen-bond donors (Lipinski definition) is 1. The number of anilines is 2. The lowest BCUT2D eigenvalue weighted by Gasteiger charge is -2.50. The molecule has 2 saturated heterocycles. The summed E-state index contributed by atoms with van der Waals surface area (Å²) < 4.78 is 0. The zero-order valence-corrected chi connectivity index (χ0v) is 26.6. The lowest BCUT2D eigenvalue weighted by atomic mass is 9.99. The van der Waals surface area contributed by atoms with Crippen molar-refractivity contribution in [3.05, 3.63) is 156 Å². The summed E-state index contributed by atoms with van der Waals surface area (Å²) in [5.74, 6) is -0.317. The Bertz CT molecular complexity index is 2120. The van der Waals surface area contributed by atoms with Gasteiger partial charge < -0.3 is 5.32 Å². The molecule has 0 spiro atoms. The van der Waals surface area contributed by atoms with Crippen molar-refractivity contribution in [1.82, 2.24) is 15.1 Å². The number of carbonyl (C=O) groups excluding carboxylic acids is 4. The molecule has 0 aliphatic carbocycles. The molecular weight excluding hydrogens is 614 g/mol. The fraction of sp³-hybridized carbons (Fsp3) is 0.150. The number of rotatable bonds is 7. The zero-order valence-electron chi connectivity index (χ0n) is 26.6. The van der Waals surface area contributed by atoms with Gasteiger partial charge in [0.15, 0.2) is 0 Å². The second-order valence-corrected chi connectivity index (χ2v) is 12.4. The first kappa shape index (κ1) is 30.1. The first-order valence-corrected chi connectivity index (χ1v) is 16.4. The van der Waals surface area contributed by atoms with Crippen molar-refractivity contribution in [2.45, 2.75) is 37.9 Å². The van der Waals surface area contributed by atoms with E-state index in [0.717, 1.165) is 26.8 Å². The van der Waals surface area contributed by atoms with Crippen LogP contribution in [-0.2, 0) is 22.6 Å². The van der Waals surface area contributed by atoms with Crippen molar-refractivity contribution in [2.75, 3.05) is 9.80 Å². The Morgan fingerprint density at radius 1 is 0.633 bits per heavy atom. The second-order valence-electron chi connectivity index (χ2n) is 12.4.